The molecule has 8 heteroatoms. The van der Waals surface area contributed by atoms with Crippen LogP contribution in [0.2, 0.25) is 5.02 Å². The Morgan fingerprint density at radius 1 is 1.03 bits per heavy atom. The largest absolute Gasteiger partial charge is 0.495 e. The maximum atomic E-state index is 12.9. The summed E-state index contributed by atoms with van der Waals surface area (Å²) in [6.45, 7) is 2.61. The number of pyridine rings is 1. The highest BCUT2D eigenvalue weighted by molar-refractivity contribution is 6.31. The summed E-state index contributed by atoms with van der Waals surface area (Å²) in [6.07, 6.45) is 1.43. The van der Waals surface area contributed by atoms with Crippen molar-refractivity contribution in [2.75, 3.05) is 38.2 Å². The van der Waals surface area contributed by atoms with Gasteiger partial charge in [0.25, 0.3) is 5.91 Å². The second kappa shape index (κ2) is 9.78. The molecule has 1 saturated heterocycles. The van der Waals surface area contributed by atoms with Gasteiger partial charge in [-0.3, -0.25) is 9.59 Å². The van der Waals surface area contributed by atoms with Gasteiger partial charge in [0, 0.05) is 49.0 Å². The molecule has 1 aliphatic heterocycles. The van der Waals surface area contributed by atoms with E-state index in [2.05, 4.69) is 9.88 Å². The molecule has 7 nitrogen and oxygen atoms in total. The normalized spacial score (nSPS) is 13.7. The molecule has 2 aromatic carbocycles. The van der Waals surface area contributed by atoms with E-state index in [4.69, 9.17) is 21.1 Å². The lowest BCUT2D eigenvalue weighted by Gasteiger charge is -2.36. The van der Waals surface area contributed by atoms with Gasteiger partial charge in [0.05, 0.1) is 12.8 Å². The fourth-order valence-corrected chi connectivity index (χ4v) is 3.87. The van der Waals surface area contributed by atoms with Crippen molar-refractivity contribution in [2.24, 2.45) is 0 Å². The molecule has 0 spiro atoms. The van der Waals surface area contributed by atoms with Crippen molar-refractivity contribution in [3.63, 3.8) is 0 Å². The van der Waals surface area contributed by atoms with E-state index in [1.165, 1.54) is 12.3 Å². The van der Waals surface area contributed by atoms with E-state index >= 15 is 0 Å². The Morgan fingerprint density at radius 3 is 2.47 bits per heavy atom. The van der Waals surface area contributed by atoms with Gasteiger partial charge < -0.3 is 24.3 Å². The van der Waals surface area contributed by atoms with Gasteiger partial charge in [-0.2, -0.15) is 0 Å². The number of H-pyrrole nitrogens is 1. The number of piperazine rings is 1. The Balaban J connectivity index is 1.38. The van der Waals surface area contributed by atoms with Gasteiger partial charge in [-0.15, -0.1) is 0 Å². The van der Waals surface area contributed by atoms with Crippen molar-refractivity contribution >= 4 is 23.2 Å². The van der Waals surface area contributed by atoms with E-state index < -0.39 is 0 Å². The van der Waals surface area contributed by atoms with Gasteiger partial charge in [-0.25, -0.2) is 0 Å². The van der Waals surface area contributed by atoms with E-state index in [0.717, 1.165) is 17.0 Å². The number of halogens is 1. The number of carbonyl (C=O) groups is 1. The Kier molecular flexibility index (Phi) is 6.66. The first-order valence-corrected chi connectivity index (χ1v) is 10.7. The van der Waals surface area contributed by atoms with Crippen LogP contribution in [0.25, 0.3) is 0 Å². The zero-order valence-electron chi connectivity index (χ0n) is 17.7. The Morgan fingerprint density at radius 2 is 1.75 bits per heavy atom. The van der Waals surface area contributed by atoms with Crippen molar-refractivity contribution in [3.05, 3.63) is 87.3 Å². The van der Waals surface area contributed by atoms with Crippen LogP contribution in [0.15, 0.2) is 65.6 Å². The lowest BCUT2D eigenvalue weighted by molar-refractivity contribution is 0.0740. The van der Waals surface area contributed by atoms with Crippen LogP contribution in [0.4, 0.5) is 5.69 Å². The van der Waals surface area contributed by atoms with Crippen molar-refractivity contribution in [3.8, 4) is 11.5 Å². The minimum atomic E-state index is -0.355. The van der Waals surface area contributed by atoms with Gasteiger partial charge in [0.15, 0.2) is 5.75 Å². The number of carbonyl (C=O) groups excluding carboxylic acids is 1. The lowest BCUT2D eigenvalue weighted by Crippen LogP contribution is -2.49. The van der Waals surface area contributed by atoms with Crippen LogP contribution in [0, 0.1) is 0 Å². The van der Waals surface area contributed by atoms with Crippen LogP contribution >= 0.6 is 11.6 Å². The molecule has 0 atom stereocenters. The molecule has 1 N–H and O–H groups in total. The molecule has 0 unspecified atom stereocenters. The van der Waals surface area contributed by atoms with Crippen molar-refractivity contribution in [1.82, 2.24) is 9.88 Å². The molecule has 2 heterocycles. The zero-order valence-corrected chi connectivity index (χ0v) is 18.5. The number of benzene rings is 2. The number of nitrogens with zero attached hydrogens (tertiary/aromatic N) is 2. The molecule has 0 saturated carbocycles. The molecule has 1 amide bonds. The first-order valence-electron chi connectivity index (χ1n) is 10.3. The summed E-state index contributed by atoms with van der Waals surface area (Å²) in [5.41, 5.74) is 1.68. The first kappa shape index (κ1) is 21.8. The van der Waals surface area contributed by atoms with Crippen LogP contribution in [0.3, 0.4) is 0 Å². The molecular formula is C24H24ClN3O4. The van der Waals surface area contributed by atoms with E-state index in [1.54, 1.807) is 18.1 Å². The average Bonchev–Trinajstić information content (AvgIpc) is 2.84. The summed E-state index contributed by atoms with van der Waals surface area (Å²) >= 11 is 6.12. The van der Waals surface area contributed by atoms with Gasteiger partial charge in [-0.05, 0) is 18.2 Å². The fourth-order valence-electron chi connectivity index (χ4n) is 3.68. The smallest absolute Gasteiger partial charge is 0.270 e. The quantitative estimate of drug-likeness (QED) is 0.617. The molecule has 4 rings (SSSR count). The number of aromatic nitrogens is 1. The Labute approximate surface area is 191 Å². The second-order valence-electron chi connectivity index (χ2n) is 7.41. The number of nitrogens with one attached hydrogen (secondary N) is 1. The number of rotatable bonds is 6. The summed E-state index contributed by atoms with van der Waals surface area (Å²) in [7, 11) is 1.65. The minimum absolute atomic E-state index is 0.141. The summed E-state index contributed by atoms with van der Waals surface area (Å²) in [5.74, 6) is 0.742. The van der Waals surface area contributed by atoms with E-state index in [0.29, 0.717) is 31.2 Å². The van der Waals surface area contributed by atoms with Crippen molar-refractivity contribution in [2.45, 2.75) is 6.61 Å². The van der Waals surface area contributed by atoms with E-state index in [9.17, 15) is 9.59 Å². The molecule has 3 aromatic rings. The summed E-state index contributed by atoms with van der Waals surface area (Å²) < 4.78 is 11.0. The van der Waals surface area contributed by atoms with Crippen LogP contribution < -0.4 is 19.8 Å². The number of ether oxygens (including phenoxy) is 2. The van der Waals surface area contributed by atoms with E-state index in [-0.39, 0.29) is 29.4 Å². The number of hydrogen-bond acceptors (Lipinski definition) is 5. The zero-order chi connectivity index (χ0) is 22.5. The second-order valence-corrected chi connectivity index (χ2v) is 7.81. The van der Waals surface area contributed by atoms with Gasteiger partial charge in [0.2, 0.25) is 5.43 Å². The highest BCUT2D eigenvalue weighted by Gasteiger charge is 2.24. The van der Waals surface area contributed by atoms with Gasteiger partial charge in [-0.1, -0.05) is 41.9 Å². The minimum Gasteiger partial charge on any atom is -0.495 e. The lowest BCUT2D eigenvalue weighted by atomic mass is 10.2. The molecule has 0 bridgehead atoms. The third-order valence-electron chi connectivity index (χ3n) is 5.44. The average molecular weight is 454 g/mol. The molecule has 1 fully saturated rings. The summed E-state index contributed by atoms with van der Waals surface area (Å²) in [4.78, 5) is 32.2. The van der Waals surface area contributed by atoms with Crippen LogP contribution in [-0.2, 0) is 6.61 Å². The van der Waals surface area contributed by atoms with Crippen LogP contribution in [-0.4, -0.2) is 49.1 Å². The molecule has 1 aliphatic rings. The number of para-hydroxylation sites is 2. The molecule has 1 aromatic heterocycles. The third-order valence-corrected chi connectivity index (χ3v) is 5.81. The number of methoxy groups -OCH3 is 1. The molecular weight excluding hydrogens is 430 g/mol. The predicted molar refractivity (Wildman–Crippen MR) is 124 cm³/mol. The predicted octanol–water partition coefficient (Wildman–Crippen LogP) is 3.58. The summed E-state index contributed by atoms with van der Waals surface area (Å²) in [6, 6.07) is 16.4. The Hall–Kier alpha value is -3.45. The standard InChI is InChI=1S/C24H24ClN3O4/c1-31-22-9-5-4-8-20(22)27-10-12-28(13-11-27)24(30)19-14-21(29)23(15-26-19)32-16-17-6-2-3-7-18(17)25/h2-9,14-15H,10-13,16H2,1H3,(H,26,29). The topological polar surface area (TPSA) is 74.9 Å². The fraction of sp³-hybridized carbons (Fsp3) is 0.250. The number of hydrogen-bond donors (Lipinski definition) is 1. The maximum absolute atomic E-state index is 12.9. The van der Waals surface area contributed by atoms with E-state index in [1.807, 2.05) is 42.5 Å². The van der Waals surface area contributed by atoms with Crippen LogP contribution in [0.1, 0.15) is 16.1 Å². The number of aromatic amines is 1. The highest BCUT2D eigenvalue weighted by atomic mass is 35.5. The highest BCUT2D eigenvalue weighted by Crippen LogP contribution is 2.28. The van der Waals surface area contributed by atoms with Crippen molar-refractivity contribution < 1.29 is 14.3 Å². The Bertz CT molecular complexity index is 1160. The number of amides is 1. The molecule has 32 heavy (non-hydrogen) atoms. The molecule has 0 radical (unpaired) electrons. The maximum Gasteiger partial charge on any atom is 0.270 e. The monoisotopic (exact) mass is 453 g/mol. The van der Waals surface area contributed by atoms with Crippen LogP contribution in [0.5, 0.6) is 11.5 Å². The summed E-state index contributed by atoms with van der Waals surface area (Å²) in [5, 5.41) is 0.572. The van der Waals surface area contributed by atoms with Gasteiger partial charge in [0.1, 0.15) is 18.1 Å². The third kappa shape index (κ3) is 4.73. The van der Waals surface area contributed by atoms with Crippen molar-refractivity contribution in [1.29, 1.82) is 0 Å². The first-order chi connectivity index (χ1) is 15.6. The SMILES string of the molecule is COc1ccccc1N1CCN(C(=O)c2cc(=O)c(OCc3ccccc3Cl)c[nH]2)CC1. The number of anilines is 1. The van der Waals surface area contributed by atoms with Gasteiger partial charge >= 0.3 is 0 Å². The molecule has 0 aliphatic carbocycles. The molecule has 166 valence electrons.